The first-order valence-electron chi connectivity index (χ1n) is 12.3. The Morgan fingerprint density at radius 3 is 1.32 bits per heavy atom. The van der Waals surface area contributed by atoms with Gasteiger partial charge in [-0.3, -0.25) is 0 Å². The van der Waals surface area contributed by atoms with Crippen LogP contribution in [-0.4, -0.2) is 52.5 Å². The second-order valence-corrected chi connectivity index (χ2v) is 11.2. The highest BCUT2D eigenvalue weighted by Gasteiger charge is 2.39. The Kier molecular flexibility index (Phi) is 7.50. The molecule has 1 heterocycles. The normalized spacial score (nSPS) is 20.4. The van der Waals surface area contributed by atoms with E-state index in [1.54, 1.807) is 0 Å². The molecular weight excluding hydrogens is 484 g/mol. The van der Waals surface area contributed by atoms with Crippen molar-refractivity contribution in [3.8, 4) is 22.3 Å². The van der Waals surface area contributed by atoms with Gasteiger partial charge in [0.2, 0.25) is 0 Å². The summed E-state index contributed by atoms with van der Waals surface area (Å²) in [5.41, 5.74) is 5.48. The van der Waals surface area contributed by atoms with Crippen LogP contribution in [0.15, 0.2) is 109 Å². The van der Waals surface area contributed by atoms with Crippen LogP contribution in [0.1, 0.15) is 11.1 Å². The van der Waals surface area contributed by atoms with E-state index in [1.807, 2.05) is 109 Å². The minimum atomic E-state index is -4.01. The average Bonchev–Trinajstić information content (AvgIpc) is 3.00. The van der Waals surface area contributed by atoms with Crippen LogP contribution in [0.5, 0.6) is 0 Å². The summed E-state index contributed by atoms with van der Waals surface area (Å²) in [7, 11) is -4.01. The monoisotopic (exact) mass is 514 g/mol. The molecule has 0 spiro atoms. The maximum Gasteiger partial charge on any atom is 0.282 e. The van der Waals surface area contributed by atoms with Crippen LogP contribution in [0.2, 0.25) is 0 Å². The molecule has 2 atom stereocenters. The van der Waals surface area contributed by atoms with Crippen molar-refractivity contribution in [2.75, 3.05) is 13.1 Å². The quantitative estimate of drug-likeness (QED) is 0.402. The molecule has 4 aromatic rings. The Bertz CT molecular complexity index is 1340. The van der Waals surface area contributed by atoms with Crippen molar-refractivity contribution in [1.29, 1.82) is 0 Å². The fourth-order valence-electron chi connectivity index (χ4n) is 4.80. The number of hydrogen-bond donors (Lipinski definition) is 2. The SMILES string of the molecule is O=S1(=O)N(Cc2ccccc2-c2ccccc2)C[C@H](O)[C@@H](O)CN1Cc1ccccc1-c1ccccc1. The van der Waals surface area contributed by atoms with Gasteiger partial charge in [0.25, 0.3) is 10.2 Å². The molecule has 6 nitrogen and oxygen atoms in total. The van der Waals surface area contributed by atoms with E-state index in [0.717, 1.165) is 33.4 Å². The highest BCUT2D eigenvalue weighted by atomic mass is 32.2. The first kappa shape index (κ1) is 25.3. The molecular formula is C30H30N2O4S. The lowest BCUT2D eigenvalue weighted by Crippen LogP contribution is -2.42. The maximum atomic E-state index is 14.0. The molecule has 5 rings (SSSR count). The van der Waals surface area contributed by atoms with Crippen molar-refractivity contribution >= 4 is 10.2 Å². The van der Waals surface area contributed by atoms with Gasteiger partial charge in [0.1, 0.15) is 0 Å². The Balaban J connectivity index is 1.49. The van der Waals surface area contributed by atoms with Crippen LogP contribution in [-0.2, 0) is 23.3 Å². The van der Waals surface area contributed by atoms with E-state index in [9.17, 15) is 18.6 Å². The summed E-state index contributed by atoms with van der Waals surface area (Å²) in [5.74, 6) is 0. The van der Waals surface area contributed by atoms with Gasteiger partial charge in [-0.15, -0.1) is 0 Å². The lowest BCUT2D eigenvalue weighted by Gasteiger charge is -2.28. The highest BCUT2D eigenvalue weighted by Crippen LogP contribution is 2.30. The van der Waals surface area contributed by atoms with E-state index in [1.165, 1.54) is 8.61 Å². The van der Waals surface area contributed by atoms with Crippen LogP contribution in [0.4, 0.5) is 0 Å². The number of aliphatic hydroxyl groups is 2. The van der Waals surface area contributed by atoms with E-state index < -0.39 is 22.4 Å². The zero-order valence-corrected chi connectivity index (χ0v) is 21.2. The third-order valence-corrected chi connectivity index (χ3v) is 8.64. The van der Waals surface area contributed by atoms with E-state index >= 15 is 0 Å². The number of nitrogens with zero attached hydrogens (tertiary/aromatic N) is 2. The molecule has 0 aliphatic carbocycles. The minimum Gasteiger partial charge on any atom is -0.389 e. The summed E-state index contributed by atoms with van der Waals surface area (Å²) in [6.45, 7) is -0.227. The molecule has 0 radical (unpaired) electrons. The maximum absolute atomic E-state index is 14.0. The van der Waals surface area contributed by atoms with Crippen molar-refractivity contribution in [2.24, 2.45) is 0 Å². The number of benzene rings is 4. The molecule has 0 saturated carbocycles. The average molecular weight is 515 g/mol. The smallest absolute Gasteiger partial charge is 0.282 e. The van der Waals surface area contributed by atoms with Crippen molar-refractivity contribution < 1.29 is 18.6 Å². The summed E-state index contributed by atoms with van der Waals surface area (Å²) in [5, 5.41) is 21.3. The minimum absolute atomic E-state index is 0.0774. The summed E-state index contributed by atoms with van der Waals surface area (Å²) in [6.07, 6.45) is -2.40. The number of aliphatic hydroxyl groups excluding tert-OH is 2. The predicted molar refractivity (Wildman–Crippen MR) is 146 cm³/mol. The van der Waals surface area contributed by atoms with Crippen LogP contribution in [0, 0.1) is 0 Å². The third kappa shape index (κ3) is 5.51. The zero-order valence-electron chi connectivity index (χ0n) is 20.4. The molecule has 1 aliphatic heterocycles. The Morgan fingerprint density at radius 2 is 0.919 bits per heavy atom. The Labute approximate surface area is 218 Å². The van der Waals surface area contributed by atoms with Crippen molar-refractivity contribution in [3.05, 3.63) is 120 Å². The topological polar surface area (TPSA) is 81.1 Å². The molecule has 190 valence electrons. The standard InChI is InChI=1S/C30H30N2O4S/c33-29-21-31(19-25-15-7-9-17-27(25)23-11-3-1-4-12-23)37(35,36)32(22-30(29)34)20-26-16-8-10-18-28(26)24-13-5-2-6-14-24/h1-18,29-30,33-34H,19-22H2/t29-,30-/m0/s1. The van der Waals surface area contributed by atoms with E-state index in [2.05, 4.69) is 0 Å². The van der Waals surface area contributed by atoms with Crippen molar-refractivity contribution in [1.82, 2.24) is 8.61 Å². The number of β-amino-alcohol motifs (C(OH)–C–C–N with tert-alkyl or cyclic N) is 2. The third-order valence-electron chi connectivity index (χ3n) is 6.78. The second kappa shape index (κ2) is 11.0. The fourth-order valence-corrected chi connectivity index (χ4v) is 6.41. The molecule has 1 fully saturated rings. The highest BCUT2D eigenvalue weighted by molar-refractivity contribution is 7.86. The van der Waals surface area contributed by atoms with Crippen molar-refractivity contribution in [2.45, 2.75) is 25.3 Å². The lowest BCUT2D eigenvalue weighted by molar-refractivity contribution is 0.00890. The molecule has 0 unspecified atom stereocenters. The van der Waals surface area contributed by atoms with Gasteiger partial charge < -0.3 is 10.2 Å². The molecule has 4 aromatic carbocycles. The van der Waals surface area contributed by atoms with Crippen LogP contribution in [0.3, 0.4) is 0 Å². The molecule has 1 saturated heterocycles. The summed E-state index contributed by atoms with van der Waals surface area (Å²) in [4.78, 5) is 0. The summed E-state index contributed by atoms with van der Waals surface area (Å²) < 4.78 is 30.5. The van der Waals surface area contributed by atoms with Gasteiger partial charge in [-0.05, 0) is 33.4 Å². The Hall–Kier alpha value is -3.33. The van der Waals surface area contributed by atoms with Gasteiger partial charge in [-0.2, -0.15) is 17.0 Å². The van der Waals surface area contributed by atoms with Gasteiger partial charge in [0.15, 0.2) is 0 Å². The fraction of sp³-hybridized carbons (Fsp3) is 0.200. The largest absolute Gasteiger partial charge is 0.389 e. The van der Waals surface area contributed by atoms with Gasteiger partial charge in [0.05, 0.1) is 12.2 Å². The van der Waals surface area contributed by atoms with Gasteiger partial charge in [-0.25, -0.2) is 0 Å². The second-order valence-electron chi connectivity index (χ2n) is 9.27. The lowest BCUT2D eigenvalue weighted by atomic mass is 9.99. The van der Waals surface area contributed by atoms with Crippen LogP contribution >= 0.6 is 0 Å². The summed E-state index contributed by atoms with van der Waals surface area (Å²) >= 11 is 0. The molecule has 1 aliphatic rings. The summed E-state index contributed by atoms with van der Waals surface area (Å²) in [6, 6.07) is 35.0. The van der Waals surface area contributed by atoms with E-state index in [4.69, 9.17) is 0 Å². The van der Waals surface area contributed by atoms with Crippen LogP contribution < -0.4 is 0 Å². The van der Waals surface area contributed by atoms with E-state index in [0.29, 0.717) is 0 Å². The predicted octanol–water partition coefficient (Wildman–Crippen LogP) is 4.31. The molecule has 0 aromatic heterocycles. The van der Waals surface area contributed by atoms with Gasteiger partial charge in [-0.1, -0.05) is 109 Å². The number of rotatable bonds is 6. The zero-order chi connectivity index (χ0) is 25.8. The molecule has 37 heavy (non-hydrogen) atoms. The van der Waals surface area contributed by atoms with Crippen LogP contribution in [0.25, 0.3) is 22.3 Å². The van der Waals surface area contributed by atoms with Gasteiger partial charge in [0, 0.05) is 26.2 Å². The molecule has 7 heteroatoms. The molecule has 0 amide bonds. The van der Waals surface area contributed by atoms with Gasteiger partial charge >= 0.3 is 0 Å². The van der Waals surface area contributed by atoms with Crippen molar-refractivity contribution in [3.63, 3.8) is 0 Å². The first-order chi connectivity index (χ1) is 17.9. The Morgan fingerprint density at radius 1 is 0.568 bits per heavy atom. The number of hydrogen-bond acceptors (Lipinski definition) is 4. The first-order valence-corrected chi connectivity index (χ1v) is 13.7. The molecule has 2 N–H and O–H groups in total. The molecule has 0 bridgehead atoms. The van der Waals surface area contributed by atoms with E-state index in [-0.39, 0.29) is 26.2 Å².